The number of aryl methyl sites for hydroxylation is 1. The van der Waals surface area contributed by atoms with E-state index in [1.807, 2.05) is 66.4 Å². The van der Waals surface area contributed by atoms with Crippen molar-refractivity contribution in [1.29, 1.82) is 0 Å². The molecule has 1 aliphatic rings. The number of aromatic hydroxyl groups is 1. The van der Waals surface area contributed by atoms with E-state index >= 15 is 0 Å². The zero-order chi connectivity index (χ0) is 21.6. The van der Waals surface area contributed by atoms with Crippen molar-refractivity contribution in [2.75, 3.05) is 42.5 Å². The average molecular weight is 416 g/mol. The third-order valence-electron chi connectivity index (χ3n) is 5.75. The monoisotopic (exact) mass is 415 g/mol. The Labute approximate surface area is 184 Å². The molecule has 4 rings (SSSR count). The minimum Gasteiger partial charge on any atom is -0.506 e. The SMILES string of the molecule is Cc1cccc(N(Cc2ccccc2)C(=O)CN2CCN(c3ccccc3O)CC2)c1. The number of hydrogen-bond acceptors (Lipinski definition) is 4. The Hall–Kier alpha value is -3.31. The molecule has 0 radical (unpaired) electrons. The van der Waals surface area contributed by atoms with Crippen LogP contribution in [0.4, 0.5) is 11.4 Å². The van der Waals surface area contributed by atoms with Gasteiger partial charge in [0.05, 0.1) is 18.8 Å². The summed E-state index contributed by atoms with van der Waals surface area (Å²) in [6.07, 6.45) is 0. The normalized spacial score (nSPS) is 14.4. The number of para-hydroxylation sites is 2. The van der Waals surface area contributed by atoms with Crippen LogP contribution in [-0.4, -0.2) is 48.6 Å². The van der Waals surface area contributed by atoms with Gasteiger partial charge in [-0.2, -0.15) is 0 Å². The lowest BCUT2D eigenvalue weighted by molar-refractivity contribution is -0.120. The van der Waals surface area contributed by atoms with Crippen molar-refractivity contribution < 1.29 is 9.90 Å². The molecule has 1 saturated heterocycles. The van der Waals surface area contributed by atoms with Gasteiger partial charge in [0.25, 0.3) is 0 Å². The molecule has 160 valence electrons. The molecule has 31 heavy (non-hydrogen) atoms. The van der Waals surface area contributed by atoms with E-state index in [9.17, 15) is 9.90 Å². The van der Waals surface area contributed by atoms with E-state index in [-0.39, 0.29) is 5.91 Å². The topological polar surface area (TPSA) is 47.0 Å². The van der Waals surface area contributed by atoms with Gasteiger partial charge in [0, 0.05) is 31.9 Å². The number of phenolic OH excluding ortho intramolecular Hbond substituents is 1. The van der Waals surface area contributed by atoms with Gasteiger partial charge in [-0.3, -0.25) is 9.69 Å². The number of nitrogens with zero attached hydrogens (tertiary/aromatic N) is 3. The van der Waals surface area contributed by atoms with Crippen LogP contribution in [0.25, 0.3) is 0 Å². The molecule has 0 aliphatic carbocycles. The van der Waals surface area contributed by atoms with Crippen molar-refractivity contribution in [1.82, 2.24) is 4.90 Å². The van der Waals surface area contributed by atoms with Crippen molar-refractivity contribution >= 4 is 17.3 Å². The largest absolute Gasteiger partial charge is 0.506 e. The molecule has 1 fully saturated rings. The zero-order valence-corrected chi connectivity index (χ0v) is 17.9. The first-order valence-electron chi connectivity index (χ1n) is 10.8. The van der Waals surface area contributed by atoms with Gasteiger partial charge in [-0.25, -0.2) is 0 Å². The summed E-state index contributed by atoms with van der Waals surface area (Å²) >= 11 is 0. The smallest absolute Gasteiger partial charge is 0.241 e. The van der Waals surface area contributed by atoms with Crippen molar-refractivity contribution in [2.24, 2.45) is 0 Å². The number of rotatable bonds is 6. The van der Waals surface area contributed by atoms with Crippen molar-refractivity contribution in [2.45, 2.75) is 13.5 Å². The van der Waals surface area contributed by atoms with Crippen LogP contribution in [0.2, 0.25) is 0 Å². The molecule has 1 N–H and O–H groups in total. The lowest BCUT2D eigenvalue weighted by Crippen LogP contribution is -2.50. The van der Waals surface area contributed by atoms with Gasteiger partial charge < -0.3 is 14.9 Å². The Morgan fingerprint density at radius 2 is 1.61 bits per heavy atom. The lowest BCUT2D eigenvalue weighted by atomic mass is 10.1. The number of piperazine rings is 1. The Balaban J connectivity index is 1.43. The quantitative estimate of drug-likeness (QED) is 0.660. The van der Waals surface area contributed by atoms with E-state index in [0.29, 0.717) is 18.8 Å². The molecule has 1 heterocycles. The van der Waals surface area contributed by atoms with Crippen LogP contribution in [0.15, 0.2) is 78.9 Å². The highest BCUT2D eigenvalue weighted by atomic mass is 16.3. The van der Waals surface area contributed by atoms with E-state index in [4.69, 9.17) is 0 Å². The minimum atomic E-state index is 0.102. The van der Waals surface area contributed by atoms with Crippen molar-refractivity contribution in [3.63, 3.8) is 0 Å². The Bertz CT molecular complexity index is 1010. The number of carbonyl (C=O) groups is 1. The van der Waals surface area contributed by atoms with Crippen LogP contribution in [0.3, 0.4) is 0 Å². The third-order valence-corrected chi connectivity index (χ3v) is 5.75. The van der Waals surface area contributed by atoms with E-state index in [1.54, 1.807) is 6.07 Å². The summed E-state index contributed by atoms with van der Waals surface area (Å²) < 4.78 is 0. The van der Waals surface area contributed by atoms with Gasteiger partial charge in [0.1, 0.15) is 5.75 Å². The Kier molecular flexibility index (Phi) is 6.53. The maximum Gasteiger partial charge on any atom is 0.241 e. The molecular weight excluding hydrogens is 386 g/mol. The fourth-order valence-electron chi connectivity index (χ4n) is 4.04. The minimum absolute atomic E-state index is 0.102. The molecule has 0 unspecified atom stereocenters. The first-order valence-corrected chi connectivity index (χ1v) is 10.8. The summed E-state index contributed by atoms with van der Waals surface area (Å²) in [7, 11) is 0. The van der Waals surface area contributed by atoms with E-state index in [1.165, 1.54) is 0 Å². The predicted octanol–water partition coefficient (Wildman–Crippen LogP) is 4.06. The molecule has 5 nitrogen and oxygen atoms in total. The van der Waals surface area contributed by atoms with Crippen LogP contribution >= 0.6 is 0 Å². The number of carbonyl (C=O) groups excluding carboxylic acids is 1. The van der Waals surface area contributed by atoms with Gasteiger partial charge in [-0.05, 0) is 42.3 Å². The standard InChI is InChI=1S/C26H29N3O2/c1-21-8-7-11-23(18-21)29(19-22-9-3-2-4-10-22)26(31)20-27-14-16-28(17-15-27)24-12-5-6-13-25(24)30/h2-13,18,30H,14-17,19-20H2,1H3. The number of hydrogen-bond donors (Lipinski definition) is 1. The molecule has 1 amide bonds. The highest BCUT2D eigenvalue weighted by Crippen LogP contribution is 2.27. The number of benzene rings is 3. The second-order valence-corrected chi connectivity index (χ2v) is 8.06. The summed E-state index contributed by atoms with van der Waals surface area (Å²) in [6.45, 7) is 6.13. The van der Waals surface area contributed by atoms with Crippen molar-refractivity contribution in [3.8, 4) is 5.75 Å². The summed E-state index contributed by atoms with van der Waals surface area (Å²) in [5, 5.41) is 10.1. The summed E-state index contributed by atoms with van der Waals surface area (Å²) in [6, 6.07) is 25.7. The maximum atomic E-state index is 13.4. The van der Waals surface area contributed by atoms with Gasteiger partial charge >= 0.3 is 0 Å². The van der Waals surface area contributed by atoms with Gasteiger partial charge in [-0.1, -0.05) is 54.6 Å². The van der Waals surface area contributed by atoms with Gasteiger partial charge in [0.15, 0.2) is 0 Å². The molecule has 0 atom stereocenters. The number of amides is 1. The summed E-state index contributed by atoms with van der Waals surface area (Å²) in [5.41, 5.74) is 4.04. The molecule has 5 heteroatoms. The highest BCUT2D eigenvalue weighted by molar-refractivity contribution is 5.94. The molecule has 3 aromatic carbocycles. The van der Waals surface area contributed by atoms with E-state index < -0.39 is 0 Å². The van der Waals surface area contributed by atoms with Crippen LogP contribution in [-0.2, 0) is 11.3 Å². The number of phenols is 1. The Morgan fingerprint density at radius 1 is 0.903 bits per heavy atom. The lowest BCUT2D eigenvalue weighted by Gasteiger charge is -2.36. The first-order chi connectivity index (χ1) is 15.1. The fourth-order valence-corrected chi connectivity index (χ4v) is 4.04. The van der Waals surface area contributed by atoms with Crippen LogP contribution in [0.1, 0.15) is 11.1 Å². The maximum absolute atomic E-state index is 13.4. The summed E-state index contributed by atoms with van der Waals surface area (Å²) in [5.74, 6) is 0.408. The average Bonchev–Trinajstić information content (AvgIpc) is 2.79. The second kappa shape index (κ2) is 9.67. The first kappa shape index (κ1) is 20.9. The third kappa shape index (κ3) is 5.25. The molecule has 3 aromatic rings. The second-order valence-electron chi connectivity index (χ2n) is 8.06. The van der Waals surface area contributed by atoms with Gasteiger partial charge in [-0.15, -0.1) is 0 Å². The zero-order valence-electron chi connectivity index (χ0n) is 17.9. The molecule has 0 bridgehead atoms. The van der Waals surface area contributed by atoms with Crippen LogP contribution in [0, 0.1) is 6.92 Å². The van der Waals surface area contributed by atoms with Gasteiger partial charge in [0.2, 0.25) is 5.91 Å². The highest BCUT2D eigenvalue weighted by Gasteiger charge is 2.24. The van der Waals surface area contributed by atoms with E-state index in [2.05, 4.69) is 28.0 Å². The molecule has 0 spiro atoms. The Morgan fingerprint density at radius 3 is 2.32 bits per heavy atom. The molecule has 0 aromatic heterocycles. The molecular formula is C26H29N3O2. The summed E-state index contributed by atoms with van der Waals surface area (Å²) in [4.78, 5) is 19.6. The molecule has 0 saturated carbocycles. The number of anilines is 2. The van der Waals surface area contributed by atoms with Crippen molar-refractivity contribution in [3.05, 3.63) is 90.0 Å². The van der Waals surface area contributed by atoms with E-state index in [0.717, 1.165) is 48.7 Å². The predicted molar refractivity (Wildman–Crippen MR) is 126 cm³/mol. The van der Waals surface area contributed by atoms with Crippen LogP contribution < -0.4 is 9.80 Å². The fraction of sp³-hybridized carbons (Fsp3) is 0.269. The molecule has 1 aliphatic heterocycles. The van der Waals surface area contributed by atoms with Crippen LogP contribution in [0.5, 0.6) is 5.75 Å².